The number of ether oxygens (including phenoxy) is 2. The lowest BCUT2D eigenvalue weighted by Gasteiger charge is -2.03. The summed E-state index contributed by atoms with van der Waals surface area (Å²) in [5.74, 6) is 0.796. The molecule has 1 aliphatic rings. The van der Waals surface area contributed by atoms with Gasteiger partial charge in [-0.3, -0.25) is 4.79 Å². The molecule has 0 saturated heterocycles. The third-order valence-electron chi connectivity index (χ3n) is 4.03. The van der Waals surface area contributed by atoms with Gasteiger partial charge in [0.25, 0.3) is 5.91 Å². The van der Waals surface area contributed by atoms with Crippen molar-refractivity contribution in [3.05, 3.63) is 65.1 Å². The van der Waals surface area contributed by atoms with Crippen molar-refractivity contribution in [2.24, 2.45) is 4.99 Å². The fraction of sp³-hybridized carbons (Fsp3) is 0.200. The number of carbonyl (C=O) groups excluding carboxylic acids is 1. The highest BCUT2D eigenvalue weighted by Gasteiger charge is 2.19. The Kier molecular flexibility index (Phi) is 5.31. The second-order valence-electron chi connectivity index (χ2n) is 5.78. The number of hydrogen-bond donors (Lipinski definition) is 1. The monoisotopic (exact) mass is 354 g/mol. The zero-order valence-electron chi connectivity index (χ0n) is 14.6. The molecule has 2 aromatic carbocycles. The molecule has 0 unspecified atom stereocenters. The molecule has 1 aliphatic heterocycles. The van der Waals surface area contributed by atoms with Gasteiger partial charge in [0.05, 0.1) is 14.2 Å². The molecule has 0 aliphatic carbocycles. The Labute approximate surface area is 151 Å². The molecule has 26 heavy (non-hydrogen) atoms. The Morgan fingerprint density at radius 3 is 2.50 bits per heavy atom. The van der Waals surface area contributed by atoms with Crippen LogP contribution >= 0.6 is 0 Å². The Balaban J connectivity index is 1.68. The van der Waals surface area contributed by atoms with Crippen LogP contribution in [0.1, 0.15) is 17.5 Å². The van der Waals surface area contributed by atoms with E-state index >= 15 is 0 Å². The number of halogens is 1. The summed E-state index contributed by atoms with van der Waals surface area (Å²) in [4.78, 5) is 16.4. The van der Waals surface area contributed by atoms with Crippen LogP contribution in [0.2, 0.25) is 0 Å². The zero-order valence-corrected chi connectivity index (χ0v) is 14.6. The van der Waals surface area contributed by atoms with E-state index in [1.54, 1.807) is 19.3 Å². The highest BCUT2D eigenvalue weighted by Crippen LogP contribution is 2.21. The summed E-state index contributed by atoms with van der Waals surface area (Å²) in [6.45, 7) is 0. The molecule has 0 atom stereocenters. The number of methoxy groups -OCH3 is 2. The maximum atomic E-state index is 13.8. The van der Waals surface area contributed by atoms with Crippen molar-refractivity contribution < 1.29 is 18.7 Å². The molecule has 0 bridgehead atoms. The van der Waals surface area contributed by atoms with Crippen molar-refractivity contribution in [3.8, 4) is 11.5 Å². The molecule has 0 aromatic heterocycles. The SMILES string of the molecule is COc1ccc(CCC2=N/C(=C/c3ccc(OC)c(F)c3)C(=O)N2)cc1. The maximum Gasteiger partial charge on any atom is 0.275 e. The van der Waals surface area contributed by atoms with Gasteiger partial charge in [0, 0.05) is 6.42 Å². The minimum Gasteiger partial charge on any atom is -0.497 e. The molecular formula is C20H19FN2O3. The number of rotatable bonds is 6. The number of carbonyl (C=O) groups is 1. The number of nitrogens with zero attached hydrogens (tertiary/aromatic N) is 1. The van der Waals surface area contributed by atoms with Gasteiger partial charge in [-0.15, -0.1) is 0 Å². The summed E-state index contributed by atoms with van der Waals surface area (Å²) in [5, 5.41) is 2.75. The number of amidine groups is 1. The third-order valence-corrected chi connectivity index (χ3v) is 4.03. The van der Waals surface area contributed by atoms with E-state index in [9.17, 15) is 9.18 Å². The second kappa shape index (κ2) is 7.82. The Morgan fingerprint density at radius 2 is 1.85 bits per heavy atom. The predicted molar refractivity (Wildman–Crippen MR) is 97.8 cm³/mol. The van der Waals surface area contributed by atoms with Crippen molar-refractivity contribution in [3.63, 3.8) is 0 Å². The van der Waals surface area contributed by atoms with Crippen LogP contribution < -0.4 is 14.8 Å². The van der Waals surface area contributed by atoms with E-state index in [4.69, 9.17) is 9.47 Å². The molecule has 0 spiro atoms. The van der Waals surface area contributed by atoms with Crippen molar-refractivity contribution in [2.75, 3.05) is 14.2 Å². The number of benzene rings is 2. The van der Waals surface area contributed by atoms with Crippen molar-refractivity contribution in [2.45, 2.75) is 12.8 Å². The summed E-state index contributed by atoms with van der Waals surface area (Å²) >= 11 is 0. The maximum absolute atomic E-state index is 13.8. The molecule has 1 heterocycles. The van der Waals surface area contributed by atoms with Crippen LogP contribution in [0, 0.1) is 5.82 Å². The van der Waals surface area contributed by atoms with Gasteiger partial charge in [0.2, 0.25) is 0 Å². The van der Waals surface area contributed by atoms with Crippen molar-refractivity contribution in [1.82, 2.24) is 5.32 Å². The highest BCUT2D eigenvalue weighted by molar-refractivity contribution is 6.14. The Morgan fingerprint density at radius 1 is 1.08 bits per heavy atom. The van der Waals surface area contributed by atoms with Gasteiger partial charge in [0.1, 0.15) is 17.3 Å². The van der Waals surface area contributed by atoms with Crippen LogP contribution in [0.5, 0.6) is 11.5 Å². The van der Waals surface area contributed by atoms with Gasteiger partial charge in [-0.05, 0) is 47.9 Å². The van der Waals surface area contributed by atoms with Crippen LogP contribution in [-0.2, 0) is 11.2 Å². The van der Waals surface area contributed by atoms with Gasteiger partial charge < -0.3 is 14.8 Å². The summed E-state index contributed by atoms with van der Waals surface area (Å²) in [7, 11) is 3.03. The molecule has 6 heteroatoms. The first-order chi connectivity index (χ1) is 12.6. The molecular weight excluding hydrogens is 335 g/mol. The van der Waals surface area contributed by atoms with E-state index in [0.717, 1.165) is 17.7 Å². The van der Waals surface area contributed by atoms with E-state index in [2.05, 4.69) is 10.3 Å². The van der Waals surface area contributed by atoms with Crippen LogP contribution in [0.4, 0.5) is 4.39 Å². The number of aryl methyl sites for hydroxylation is 1. The fourth-order valence-corrected chi connectivity index (χ4v) is 2.62. The topological polar surface area (TPSA) is 59.9 Å². The molecule has 1 amide bonds. The summed E-state index contributed by atoms with van der Waals surface area (Å²) in [5.41, 5.74) is 1.94. The highest BCUT2D eigenvalue weighted by atomic mass is 19.1. The summed E-state index contributed by atoms with van der Waals surface area (Å²) in [6, 6.07) is 12.3. The smallest absolute Gasteiger partial charge is 0.275 e. The minimum atomic E-state index is -0.482. The number of hydrogen-bond acceptors (Lipinski definition) is 4. The first-order valence-corrected chi connectivity index (χ1v) is 8.16. The molecule has 1 N–H and O–H groups in total. The molecule has 2 aromatic rings. The fourth-order valence-electron chi connectivity index (χ4n) is 2.62. The minimum absolute atomic E-state index is 0.159. The molecule has 3 rings (SSSR count). The average molecular weight is 354 g/mol. The van der Waals surface area contributed by atoms with E-state index in [0.29, 0.717) is 17.8 Å². The third kappa shape index (κ3) is 4.08. The van der Waals surface area contributed by atoms with Crippen LogP contribution in [-0.4, -0.2) is 26.0 Å². The lowest BCUT2D eigenvalue weighted by atomic mass is 10.1. The van der Waals surface area contributed by atoms with E-state index in [1.807, 2.05) is 24.3 Å². The van der Waals surface area contributed by atoms with Crippen molar-refractivity contribution >= 4 is 17.8 Å². The van der Waals surface area contributed by atoms with Crippen LogP contribution in [0.15, 0.2) is 53.2 Å². The van der Waals surface area contributed by atoms with Gasteiger partial charge in [-0.1, -0.05) is 18.2 Å². The lowest BCUT2D eigenvalue weighted by molar-refractivity contribution is -0.115. The van der Waals surface area contributed by atoms with E-state index < -0.39 is 5.82 Å². The number of nitrogens with one attached hydrogen (secondary N) is 1. The van der Waals surface area contributed by atoms with Gasteiger partial charge >= 0.3 is 0 Å². The van der Waals surface area contributed by atoms with Gasteiger partial charge in [-0.25, -0.2) is 9.38 Å². The van der Waals surface area contributed by atoms with Crippen LogP contribution in [0.3, 0.4) is 0 Å². The quantitative estimate of drug-likeness (QED) is 0.810. The molecule has 134 valence electrons. The largest absolute Gasteiger partial charge is 0.497 e. The molecule has 5 nitrogen and oxygen atoms in total. The first-order valence-electron chi connectivity index (χ1n) is 8.16. The second-order valence-corrected chi connectivity index (χ2v) is 5.78. The molecule has 0 fully saturated rings. The van der Waals surface area contributed by atoms with E-state index in [-0.39, 0.29) is 17.4 Å². The molecule has 0 saturated carbocycles. The number of amides is 1. The normalized spacial score (nSPS) is 15.0. The van der Waals surface area contributed by atoms with Crippen LogP contribution in [0.25, 0.3) is 6.08 Å². The standard InChI is InChI=1S/C20H19FN2O3/c1-25-15-7-3-13(4-8-15)6-10-19-22-17(20(24)23-19)12-14-5-9-18(26-2)16(21)11-14/h3-5,7-9,11-12H,6,10H2,1-2H3,(H,22,23,24)/b17-12+. The first kappa shape index (κ1) is 17.7. The average Bonchev–Trinajstić information content (AvgIpc) is 3.00. The van der Waals surface area contributed by atoms with Gasteiger partial charge in [-0.2, -0.15) is 0 Å². The Hall–Kier alpha value is -3.15. The molecule has 0 radical (unpaired) electrons. The van der Waals surface area contributed by atoms with Crippen molar-refractivity contribution in [1.29, 1.82) is 0 Å². The summed E-state index contributed by atoms with van der Waals surface area (Å²) < 4.78 is 23.8. The van der Waals surface area contributed by atoms with E-state index in [1.165, 1.54) is 19.2 Å². The zero-order chi connectivity index (χ0) is 18.5. The Bertz CT molecular complexity index is 873. The predicted octanol–water partition coefficient (Wildman–Crippen LogP) is 3.34. The van der Waals surface area contributed by atoms with Gasteiger partial charge in [0.15, 0.2) is 11.6 Å². The number of aliphatic imine (C=N–C) groups is 1. The lowest BCUT2D eigenvalue weighted by Crippen LogP contribution is -2.24. The summed E-state index contributed by atoms with van der Waals surface area (Å²) in [6.07, 6.45) is 2.90.